The summed E-state index contributed by atoms with van der Waals surface area (Å²) in [6.45, 7) is 0. The fourth-order valence-corrected chi connectivity index (χ4v) is 0.709. The minimum absolute atomic E-state index is 0.314. The van der Waals surface area contributed by atoms with E-state index >= 15 is 0 Å². The maximum Gasteiger partial charge on any atom is 0.303 e. The zero-order chi connectivity index (χ0) is 6.41. The van der Waals surface area contributed by atoms with Crippen molar-refractivity contribution in [2.45, 2.75) is 19.3 Å². The van der Waals surface area contributed by atoms with Crippen LogP contribution in [0.25, 0.3) is 0 Å². The van der Waals surface area contributed by atoms with Gasteiger partial charge in [0.15, 0.2) is 0 Å². The second kappa shape index (κ2) is 5.04. The summed E-state index contributed by atoms with van der Waals surface area (Å²) in [6.07, 6.45) is 3.12. The Kier molecular flexibility index (Phi) is 4.98. The van der Waals surface area contributed by atoms with E-state index in [-0.39, 0.29) is 0 Å². The summed E-state index contributed by atoms with van der Waals surface area (Å²) < 4.78 is 0. The summed E-state index contributed by atoms with van der Waals surface area (Å²) in [4.78, 5) is 9.87. The summed E-state index contributed by atoms with van der Waals surface area (Å²) in [5.41, 5.74) is 0. The molecule has 1 N–H and O–H groups in total. The van der Waals surface area contributed by atoms with Crippen molar-refractivity contribution >= 4 is 15.2 Å². The molecule has 0 aromatic rings. The van der Waals surface area contributed by atoms with Gasteiger partial charge >= 0.3 is 5.97 Å². The van der Waals surface area contributed by atoms with Gasteiger partial charge in [0.05, 0.1) is 0 Å². The zero-order valence-corrected chi connectivity index (χ0v) is 5.92. The molecular formula is C5H11O2P. The highest BCUT2D eigenvalue weighted by atomic mass is 31.0. The van der Waals surface area contributed by atoms with E-state index in [0.29, 0.717) is 6.42 Å². The Hall–Kier alpha value is -0.100. The number of carboxylic acid groups (broad SMARTS) is 1. The first-order chi connectivity index (χ1) is 3.77. The fraction of sp³-hybridized carbons (Fsp3) is 0.800. The third-order valence-corrected chi connectivity index (χ3v) is 1.25. The highest BCUT2D eigenvalue weighted by Crippen LogP contribution is 1.97. The van der Waals surface area contributed by atoms with Crippen molar-refractivity contribution in [2.24, 2.45) is 0 Å². The van der Waals surface area contributed by atoms with E-state index in [1.54, 1.807) is 0 Å². The van der Waals surface area contributed by atoms with Crippen molar-refractivity contribution in [3.05, 3.63) is 0 Å². The normalized spacial score (nSPS) is 9.12. The van der Waals surface area contributed by atoms with Crippen LogP contribution in [0.5, 0.6) is 0 Å². The zero-order valence-electron chi connectivity index (χ0n) is 4.76. The molecule has 0 saturated heterocycles. The summed E-state index contributed by atoms with van der Waals surface area (Å²) in [5, 5.41) is 8.13. The lowest BCUT2D eigenvalue weighted by molar-refractivity contribution is -0.137. The number of hydrogen-bond donors (Lipinski definition) is 1. The summed E-state index contributed by atoms with van der Waals surface area (Å²) in [7, 11) is 2.57. The Balaban J connectivity index is 2.82. The highest BCUT2D eigenvalue weighted by molar-refractivity contribution is 7.16. The Morgan fingerprint density at radius 3 is 2.50 bits per heavy atom. The van der Waals surface area contributed by atoms with Crippen LogP contribution >= 0.6 is 9.24 Å². The molecule has 0 radical (unpaired) electrons. The summed E-state index contributed by atoms with van der Waals surface area (Å²) >= 11 is 0. The van der Waals surface area contributed by atoms with Gasteiger partial charge in [0.25, 0.3) is 0 Å². The molecule has 0 bridgehead atoms. The van der Waals surface area contributed by atoms with Gasteiger partial charge in [-0.1, -0.05) is 0 Å². The maximum atomic E-state index is 9.87. The lowest BCUT2D eigenvalue weighted by Crippen LogP contribution is -1.93. The molecule has 1 unspecified atom stereocenters. The molecule has 0 amide bonds. The first-order valence-electron chi connectivity index (χ1n) is 2.69. The van der Waals surface area contributed by atoms with E-state index < -0.39 is 5.97 Å². The monoisotopic (exact) mass is 134 g/mol. The second-order valence-corrected chi connectivity index (χ2v) is 2.22. The van der Waals surface area contributed by atoms with E-state index in [0.717, 1.165) is 19.0 Å². The van der Waals surface area contributed by atoms with Crippen molar-refractivity contribution in [1.29, 1.82) is 0 Å². The fourth-order valence-electron chi connectivity index (χ4n) is 0.421. The first kappa shape index (κ1) is 7.90. The molecule has 3 heteroatoms. The molecule has 0 rings (SSSR count). The van der Waals surface area contributed by atoms with E-state index in [9.17, 15) is 4.79 Å². The predicted molar refractivity (Wildman–Crippen MR) is 36.1 cm³/mol. The van der Waals surface area contributed by atoms with Gasteiger partial charge in [-0.3, -0.25) is 4.79 Å². The maximum absolute atomic E-state index is 9.87. The van der Waals surface area contributed by atoms with E-state index in [4.69, 9.17) is 5.11 Å². The van der Waals surface area contributed by atoms with Crippen molar-refractivity contribution in [3.8, 4) is 0 Å². The van der Waals surface area contributed by atoms with Gasteiger partial charge in [0.2, 0.25) is 0 Å². The van der Waals surface area contributed by atoms with Crippen LogP contribution in [0.2, 0.25) is 0 Å². The molecule has 0 aromatic carbocycles. The van der Waals surface area contributed by atoms with Crippen LogP contribution in [0.1, 0.15) is 19.3 Å². The van der Waals surface area contributed by atoms with E-state index in [2.05, 4.69) is 9.24 Å². The number of unbranched alkanes of at least 4 members (excludes halogenated alkanes) is 1. The molecular weight excluding hydrogens is 123 g/mol. The Morgan fingerprint density at radius 1 is 1.50 bits per heavy atom. The molecule has 8 heavy (non-hydrogen) atoms. The Morgan fingerprint density at radius 2 is 2.12 bits per heavy atom. The molecule has 2 nitrogen and oxygen atoms in total. The van der Waals surface area contributed by atoms with Crippen LogP contribution in [0.3, 0.4) is 0 Å². The topological polar surface area (TPSA) is 37.3 Å². The Labute approximate surface area is 51.5 Å². The third-order valence-electron chi connectivity index (χ3n) is 0.845. The van der Waals surface area contributed by atoms with Gasteiger partial charge in [-0.05, 0) is 19.0 Å². The lowest BCUT2D eigenvalue weighted by Gasteiger charge is -1.89. The average molecular weight is 134 g/mol. The molecule has 0 aliphatic rings. The quantitative estimate of drug-likeness (QED) is 0.462. The lowest BCUT2D eigenvalue weighted by atomic mass is 10.3. The molecule has 0 aromatic heterocycles. The molecule has 1 atom stereocenters. The molecule has 0 aliphatic heterocycles. The molecule has 0 heterocycles. The first-order valence-corrected chi connectivity index (χ1v) is 3.51. The number of carbonyl (C=O) groups is 1. The number of hydrogen-bond acceptors (Lipinski definition) is 1. The van der Waals surface area contributed by atoms with Crippen LogP contribution < -0.4 is 0 Å². The SMILES string of the molecule is O=C(O)CCCCP. The van der Waals surface area contributed by atoms with Crippen LogP contribution in [0.4, 0.5) is 0 Å². The number of rotatable bonds is 4. The van der Waals surface area contributed by atoms with Crippen LogP contribution in [-0.4, -0.2) is 17.2 Å². The van der Waals surface area contributed by atoms with Gasteiger partial charge in [-0.15, -0.1) is 9.24 Å². The minimum Gasteiger partial charge on any atom is -0.481 e. The highest BCUT2D eigenvalue weighted by Gasteiger charge is 1.92. The predicted octanol–water partition coefficient (Wildman–Crippen LogP) is 1.12. The number of carboxylic acids is 1. The van der Waals surface area contributed by atoms with Crippen molar-refractivity contribution in [3.63, 3.8) is 0 Å². The standard InChI is InChI=1S/C5H11O2P/c6-5(7)3-1-2-4-8/h1-4,8H2,(H,6,7). The third kappa shape index (κ3) is 5.90. The van der Waals surface area contributed by atoms with Gasteiger partial charge in [0.1, 0.15) is 0 Å². The van der Waals surface area contributed by atoms with E-state index in [1.165, 1.54) is 0 Å². The largest absolute Gasteiger partial charge is 0.481 e. The number of aliphatic carboxylic acids is 1. The molecule has 0 saturated carbocycles. The molecule has 0 aliphatic carbocycles. The van der Waals surface area contributed by atoms with Crippen LogP contribution in [0.15, 0.2) is 0 Å². The van der Waals surface area contributed by atoms with Crippen LogP contribution in [0, 0.1) is 0 Å². The van der Waals surface area contributed by atoms with Gasteiger partial charge in [0, 0.05) is 6.42 Å². The second-order valence-electron chi connectivity index (χ2n) is 1.64. The van der Waals surface area contributed by atoms with E-state index in [1.807, 2.05) is 0 Å². The van der Waals surface area contributed by atoms with Crippen molar-refractivity contribution < 1.29 is 9.90 Å². The van der Waals surface area contributed by atoms with Gasteiger partial charge in [-0.25, -0.2) is 0 Å². The summed E-state index contributed by atoms with van der Waals surface area (Å²) in [5.74, 6) is -0.691. The van der Waals surface area contributed by atoms with Gasteiger partial charge < -0.3 is 5.11 Å². The van der Waals surface area contributed by atoms with Crippen molar-refractivity contribution in [1.82, 2.24) is 0 Å². The van der Waals surface area contributed by atoms with Crippen LogP contribution in [-0.2, 0) is 4.79 Å². The Bertz CT molecular complexity index is 72.8. The smallest absolute Gasteiger partial charge is 0.303 e. The molecule has 0 fully saturated rings. The van der Waals surface area contributed by atoms with Gasteiger partial charge in [-0.2, -0.15) is 0 Å². The summed E-state index contributed by atoms with van der Waals surface area (Å²) in [6, 6.07) is 0. The van der Waals surface area contributed by atoms with Crippen molar-refractivity contribution in [2.75, 3.05) is 6.16 Å². The minimum atomic E-state index is -0.691. The molecule has 0 spiro atoms. The molecule has 48 valence electrons. The average Bonchev–Trinajstić information content (AvgIpc) is 1.66.